The quantitative estimate of drug-likeness (QED) is 0.856. The second-order valence-electron chi connectivity index (χ2n) is 5.92. The van der Waals surface area contributed by atoms with Crippen LogP contribution in [0.25, 0.3) is 0 Å². The monoisotopic (exact) mass is 263 g/mol. The predicted octanol–water partition coefficient (Wildman–Crippen LogP) is 2.84. The zero-order valence-corrected chi connectivity index (χ0v) is 12.4. The minimum Gasteiger partial charge on any atom is -0.496 e. The van der Waals surface area contributed by atoms with E-state index in [2.05, 4.69) is 24.9 Å². The molecule has 0 saturated heterocycles. The molecule has 0 bridgehead atoms. The second kappa shape index (κ2) is 5.93. The Hall–Kier alpha value is -1.06. The Bertz CT molecular complexity index is 431. The van der Waals surface area contributed by atoms with Gasteiger partial charge >= 0.3 is 0 Å². The third-order valence-electron chi connectivity index (χ3n) is 4.05. The summed E-state index contributed by atoms with van der Waals surface area (Å²) in [6, 6.07) is 5.93. The van der Waals surface area contributed by atoms with Gasteiger partial charge in [0.15, 0.2) is 0 Å². The van der Waals surface area contributed by atoms with Gasteiger partial charge in [-0.25, -0.2) is 0 Å². The highest BCUT2D eigenvalue weighted by Gasteiger charge is 2.33. The van der Waals surface area contributed by atoms with Crippen LogP contribution in [0.5, 0.6) is 5.75 Å². The molecule has 0 aliphatic heterocycles. The summed E-state index contributed by atoms with van der Waals surface area (Å²) in [6.45, 7) is 6.12. The molecule has 1 aromatic carbocycles. The van der Waals surface area contributed by atoms with Gasteiger partial charge in [-0.05, 0) is 49.9 Å². The molecule has 0 heterocycles. The number of rotatable bonds is 6. The SMILES string of the molecule is COc1ccc(C(C)O)cc1CN(C)CC1CC1C. The van der Waals surface area contributed by atoms with Crippen molar-refractivity contribution in [3.05, 3.63) is 29.3 Å². The van der Waals surface area contributed by atoms with Crippen LogP contribution in [0.3, 0.4) is 0 Å². The summed E-state index contributed by atoms with van der Waals surface area (Å²) in [5.41, 5.74) is 2.10. The number of methoxy groups -OCH3 is 1. The Balaban J connectivity index is 2.05. The first-order valence-electron chi connectivity index (χ1n) is 7.04. The van der Waals surface area contributed by atoms with Crippen LogP contribution in [0.15, 0.2) is 18.2 Å². The van der Waals surface area contributed by atoms with Crippen molar-refractivity contribution < 1.29 is 9.84 Å². The molecule has 3 unspecified atom stereocenters. The smallest absolute Gasteiger partial charge is 0.123 e. The molecule has 106 valence electrons. The van der Waals surface area contributed by atoms with Crippen LogP contribution in [0.4, 0.5) is 0 Å². The van der Waals surface area contributed by atoms with Crippen molar-refractivity contribution in [1.29, 1.82) is 0 Å². The lowest BCUT2D eigenvalue weighted by molar-refractivity contribution is 0.199. The third-order valence-corrected chi connectivity index (χ3v) is 4.05. The molecule has 1 fully saturated rings. The Morgan fingerprint density at radius 3 is 2.68 bits per heavy atom. The summed E-state index contributed by atoms with van der Waals surface area (Å²) in [7, 11) is 3.85. The second-order valence-corrected chi connectivity index (χ2v) is 5.92. The molecule has 1 aliphatic carbocycles. The first-order valence-corrected chi connectivity index (χ1v) is 7.04. The third kappa shape index (κ3) is 3.71. The maximum atomic E-state index is 9.68. The molecule has 3 heteroatoms. The van der Waals surface area contributed by atoms with Crippen LogP contribution in [-0.2, 0) is 6.54 Å². The van der Waals surface area contributed by atoms with Crippen molar-refractivity contribution in [2.75, 3.05) is 20.7 Å². The number of aliphatic hydroxyl groups is 1. The average Bonchev–Trinajstić information content (AvgIpc) is 3.04. The number of benzene rings is 1. The van der Waals surface area contributed by atoms with Gasteiger partial charge in [-0.15, -0.1) is 0 Å². The summed E-state index contributed by atoms with van der Waals surface area (Å²) >= 11 is 0. The normalized spacial score (nSPS) is 23.5. The molecule has 1 N–H and O–H groups in total. The molecule has 0 aromatic heterocycles. The zero-order chi connectivity index (χ0) is 14.0. The van der Waals surface area contributed by atoms with Crippen molar-refractivity contribution in [2.24, 2.45) is 11.8 Å². The lowest BCUT2D eigenvalue weighted by Crippen LogP contribution is -2.21. The fourth-order valence-electron chi connectivity index (χ4n) is 2.59. The highest BCUT2D eigenvalue weighted by Crippen LogP contribution is 2.38. The van der Waals surface area contributed by atoms with Crippen molar-refractivity contribution in [3.63, 3.8) is 0 Å². The molecule has 0 radical (unpaired) electrons. The average molecular weight is 263 g/mol. The van der Waals surface area contributed by atoms with Crippen molar-refractivity contribution in [3.8, 4) is 5.75 Å². The number of nitrogens with zero attached hydrogens (tertiary/aromatic N) is 1. The summed E-state index contributed by atoms with van der Waals surface area (Å²) < 4.78 is 5.41. The first kappa shape index (κ1) is 14.4. The van der Waals surface area contributed by atoms with E-state index in [-0.39, 0.29) is 0 Å². The van der Waals surface area contributed by atoms with E-state index < -0.39 is 6.10 Å². The number of aliphatic hydroxyl groups excluding tert-OH is 1. The molecule has 3 nitrogen and oxygen atoms in total. The summed E-state index contributed by atoms with van der Waals surface area (Å²) in [5, 5.41) is 9.68. The number of hydrogen-bond acceptors (Lipinski definition) is 3. The summed E-state index contributed by atoms with van der Waals surface area (Å²) in [5.74, 6) is 2.64. The van der Waals surface area contributed by atoms with E-state index in [0.29, 0.717) is 0 Å². The fraction of sp³-hybridized carbons (Fsp3) is 0.625. The van der Waals surface area contributed by atoms with E-state index in [0.717, 1.165) is 41.8 Å². The molecule has 0 spiro atoms. The largest absolute Gasteiger partial charge is 0.496 e. The van der Waals surface area contributed by atoms with Gasteiger partial charge in [0.2, 0.25) is 0 Å². The highest BCUT2D eigenvalue weighted by molar-refractivity contribution is 5.38. The molecular weight excluding hydrogens is 238 g/mol. The van der Waals surface area contributed by atoms with Gasteiger partial charge in [-0.3, -0.25) is 0 Å². The predicted molar refractivity (Wildman–Crippen MR) is 77.2 cm³/mol. The van der Waals surface area contributed by atoms with E-state index in [1.165, 1.54) is 6.42 Å². The molecular formula is C16H25NO2. The maximum Gasteiger partial charge on any atom is 0.123 e. The van der Waals surface area contributed by atoms with E-state index >= 15 is 0 Å². The molecule has 3 atom stereocenters. The van der Waals surface area contributed by atoms with E-state index in [4.69, 9.17) is 4.74 Å². The van der Waals surface area contributed by atoms with Crippen LogP contribution in [0, 0.1) is 11.8 Å². The Kier molecular flexibility index (Phi) is 4.48. The van der Waals surface area contributed by atoms with Gasteiger partial charge < -0.3 is 14.7 Å². The van der Waals surface area contributed by atoms with Gasteiger partial charge in [-0.2, -0.15) is 0 Å². The lowest BCUT2D eigenvalue weighted by atomic mass is 10.1. The van der Waals surface area contributed by atoms with E-state index in [1.807, 2.05) is 12.1 Å². The van der Waals surface area contributed by atoms with Crippen molar-refractivity contribution >= 4 is 0 Å². The molecule has 1 aromatic rings. The topological polar surface area (TPSA) is 32.7 Å². The molecule has 19 heavy (non-hydrogen) atoms. The van der Waals surface area contributed by atoms with Crippen LogP contribution in [-0.4, -0.2) is 30.7 Å². The van der Waals surface area contributed by atoms with Crippen LogP contribution in [0.2, 0.25) is 0 Å². The van der Waals surface area contributed by atoms with Crippen LogP contribution < -0.4 is 4.74 Å². The van der Waals surface area contributed by atoms with Gasteiger partial charge in [0.1, 0.15) is 5.75 Å². The molecule has 2 rings (SSSR count). The molecule has 1 aliphatic rings. The summed E-state index contributed by atoms with van der Waals surface area (Å²) in [6.07, 6.45) is 0.924. The lowest BCUT2D eigenvalue weighted by Gasteiger charge is -2.19. The van der Waals surface area contributed by atoms with Gasteiger partial charge in [0, 0.05) is 18.7 Å². The highest BCUT2D eigenvalue weighted by atomic mass is 16.5. The van der Waals surface area contributed by atoms with E-state index in [9.17, 15) is 5.11 Å². The van der Waals surface area contributed by atoms with Crippen LogP contribution >= 0.6 is 0 Å². The van der Waals surface area contributed by atoms with E-state index in [1.54, 1.807) is 14.0 Å². The van der Waals surface area contributed by atoms with Crippen molar-refractivity contribution in [1.82, 2.24) is 4.90 Å². The Morgan fingerprint density at radius 1 is 1.47 bits per heavy atom. The first-order chi connectivity index (χ1) is 9.01. The zero-order valence-electron chi connectivity index (χ0n) is 12.4. The summed E-state index contributed by atoms with van der Waals surface area (Å²) in [4.78, 5) is 2.35. The minimum absolute atomic E-state index is 0.432. The van der Waals surface area contributed by atoms with Gasteiger partial charge in [-0.1, -0.05) is 13.0 Å². The van der Waals surface area contributed by atoms with Gasteiger partial charge in [0.25, 0.3) is 0 Å². The number of ether oxygens (including phenoxy) is 1. The van der Waals surface area contributed by atoms with Crippen LogP contribution in [0.1, 0.15) is 37.5 Å². The van der Waals surface area contributed by atoms with Crippen molar-refractivity contribution in [2.45, 2.75) is 32.9 Å². The number of hydrogen-bond donors (Lipinski definition) is 1. The fourth-order valence-corrected chi connectivity index (χ4v) is 2.59. The Morgan fingerprint density at radius 2 is 2.16 bits per heavy atom. The molecule has 1 saturated carbocycles. The maximum absolute atomic E-state index is 9.68. The standard InChI is InChI=1S/C16H25NO2/c1-11-7-14(11)9-17(3)10-15-8-13(12(2)18)5-6-16(15)19-4/h5-6,8,11-12,14,18H,7,9-10H2,1-4H3. The minimum atomic E-state index is -0.432. The molecule has 0 amide bonds. The van der Waals surface area contributed by atoms with Gasteiger partial charge in [0.05, 0.1) is 13.2 Å². The Labute approximate surface area is 116 Å².